The van der Waals surface area contributed by atoms with E-state index in [1.54, 1.807) is 24.5 Å². The van der Waals surface area contributed by atoms with E-state index in [9.17, 15) is 4.79 Å². The van der Waals surface area contributed by atoms with Crippen LogP contribution < -0.4 is 11.1 Å². The number of carbonyl (C=O) groups excluding carboxylic acids is 1. The van der Waals surface area contributed by atoms with Gasteiger partial charge in [-0.3, -0.25) is 9.78 Å². The Hall–Kier alpha value is -2.01. The van der Waals surface area contributed by atoms with Crippen LogP contribution in [0.5, 0.6) is 0 Å². The molecular formula is C14H15N3OS. The molecule has 19 heavy (non-hydrogen) atoms. The van der Waals surface area contributed by atoms with Crippen molar-refractivity contribution in [3.63, 3.8) is 0 Å². The van der Waals surface area contributed by atoms with Crippen LogP contribution in [0.2, 0.25) is 0 Å². The summed E-state index contributed by atoms with van der Waals surface area (Å²) < 4.78 is 0. The standard InChI is InChI=1S/C14H15N3OS/c1-10(19-13-4-2-3-11(15)9-13)14(18)17-12-5-7-16-8-6-12/h2-10H,15H2,1H3,(H,16,17,18). The molecule has 0 radical (unpaired) electrons. The molecule has 1 heterocycles. The molecule has 1 unspecified atom stereocenters. The van der Waals surface area contributed by atoms with Gasteiger partial charge in [0.25, 0.3) is 0 Å². The van der Waals surface area contributed by atoms with Gasteiger partial charge in [-0.15, -0.1) is 11.8 Å². The Bertz CT molecular complexity index is 560. The zero-order chi connectivity index (χ0) is 13.7. The van der Waals surface area contributed by atoms with E-state index in [2.05, 4.69) is 10.3 Å². The van der Waals surface area contributed by atoms with Gasteiger partial charge in [-0.1, -0.05) is 6.07 Å². The van der Waals surface area contributed by atoms with Crippen molar-refractivity contribution in [2.45, 2.75) is 17.1 Å². The van der Waals surface area contributed by atoms with Gasteiger partial charge in [0.2, 0.25) is 5.91 Å². The summed E-state index contributed by atoms with van der Waals surface area (Å²) in [4.78, 5) is 16.9. The van der Waals surface area contributed by atoms with Gasteiger partial charge in [-0.2, -0.15) is 0 Å². The number of nitrogen functional groups attached to an aromatic ring is 1. The van der Waals surface area contributed by atoms with Gasteiger partial charge in [0.15, 0.2) is 0 Å². The number of benzene rings is 1. The Kier molecular flexibility index (Phi) is 4.41. The number of amides is 1. The lowest BCUT2D eigenvalue weighted by Gasteiger charge is -2.12. The molecule has 2 aromatic rings. The Morgan fingerprint density at radius 1 is 1.32 bits per heavy atom. The van der Waals surface area contributed by atoms with Crippen LogP contribution in [0.1, 0.15) is 6.92 Å². The maximum atomic E-state index is 12.0. The van der Waals surface area contributed by atoms with Crippen molar-refractivity contribution in [3.8, 4) is 0 Å². The van der Waals surface area contributed by atoms with Crippen molar-refractivity contribution >= 4 is 29.0 Å². The number of carbonyl (C=O) groups is 1. The third-order valence-electron chi connectivity index (χ3n) is 2.49. The molecule has 0 aliphatic rings. The lowest BCUT2D eigenvalue weighted by Crippen LogP contribution is -2.22. The fourth-order valence-electron chi connectivity index (χ4n) is 1.52. The molecule has 1 amide bonds. The fourth-order valence-corrected chi connectivity index (χ4v) is 2.46. The van der Waals surface area contributed by atoms with Gasteiger partial charge < -0.3 is 11.1 Å². The molecule has 0 aliphatic heterocycles. The highest BCUT2D eigenvalue weighted by molar-refractivity contribution is 8.00. The number of nitrogens with zero attached hydrogens (tertiary/aromatic N) is 1. The first kappa shape index (κ1) is 13.4. The number of aromatic nitrogens is 1. The van der Waals surface area contributed by atoms with Crippen molar-refractivity contribution in [2.24, 2.45) is 0 Å². The molecule has 1 atom stereocenters. The minimum atomic E-state index is -0.199. The lowest BCUT2D eigenvalue weighted by atomic mass is 10.3. The van der Waals surface area contributed by atoms with E-state index in [1.165, 1.54) is 11.8 Å². The highest BCUT2D eigenvalue weighted by atomic mass is 32.2. The monoisotopic (exact) mass is 273 g/mol. The van der Waals surface area contributed by atoms with E-state index in [0.29, 0.717) is 5.69 Å². The molecule has 4 nitrogen and oxygen atoms in total. The smallest absolute Gasteiger partial charge is 0.237 e. The van der Waals surface area contributed by atoms with E-state index in [1.807, 2.05) is 31.2 Å². The summed E-state index contributed by atoms with van der Waals surface area (Å²) in [5.41, 5.74) is 7.16. The Labute approximate surface area is 116 Å². The number of pyridine rings is 1. The van der Waals surface area contributed by atoms with Crippen LogP contribution in [0.15, 0.2) is 53.7 Å². The number of rotatable bonds is 4. The maximum absolute atomic E-state index is 12.0. The summed E-state index contributed by atoms with van der Waals surface area (Å²) in [6.07, 6.45) is 3.29. The first-order chi connectivity index (χ1) is 9.15. The summed E-state index contributed by atoms with van der Waals surface area (Å²) in [5, 5.41) is 2.65. The number of nitrogens with one attached hydrogen (secondary N) is 1. The third kappa shape index (κ3) is 3.99. The second kappa shape index (κ2) is 6.24. The molecule has 3 N–H and O–H groups in total. The van der Waals surface area contributed by atoms with Gasteiger partial charge in [-0.25, -0.2) is 0 Å². The molecule has 2 rings (SSSR count). The minimum Gasteiger partial charge on any atom is -0.399 e. The quantitative estimate of drug-likeness (QED) is 0.664. The Morgan fingerprint density at radius 2 is 2.05 bits per heavy atom. The largest absolute Gasteiger partial charge is 0.399 e. The second-order valence-electron chi connectivity index (χ2n) is 4.06. The number of hydrogen-bond donors (Lipinski definition) is 2. The molecule has 0 bridgehead atoms. The van der Waals surface area contributed by atoms with Gasteiger partial charge >= 0.3 is 0 Å². The lowest BCUT2D eigenvalue weighted by molar-refractivity contribution is -0.115. The predicted molar refractivity (Wildman–Crippen MR) is 79.0 cm³/mol. The molecule has 0 fully saturated rings. The predicted octanol–water partition coefficient (Wildman–Crippen LogP) is 2.78. The molecule has 5 heteroatoms. The number of nitrogens with two attached hydrogens (primary N) is 1. The number of thioether (sulfide) groups is 1. The zero-order valence-electron chi connectivity index (χ0n) is 10.5. The van der Waals surface area contributed by atoms with Gasteiger partial charge in [-0.05, 0) is 37.3 Å². The summed E-state index contributed by atoms with van der Waals surface area (Å²) in [7, 11) is 0. The number of anilines is 2. The normalized spacial score (nSPS) is 11.8. The van der Waals surface area contributed by atoms with E-state index in [4.69, 9.17) is 5.73 Å². The molecule has 0 spiro atoms. The second-order valence-corrected chi connectivity index (χ2v) is 5.47. The third-order valence-corrected chi connectivity index (χ3v) is 3.58. The van der Waals surface area contributed by atoms with Gasteiger partial charge in [0, 0.05) is 28.7 Å². The summed E-state index contributed by atoms with van der Waals surface area (Å²) in [6, 6.07) is 11.0. The van der Waals surface area contributed by atoms with Crippen LogP contribution >= 0.6 is 11.8 Å². The van der Waals surface area contributed by atoms with E-state index in [-0.39, 0.29) is 11.2 Å². The first-order valence-electron chi connectivity index (χ1n) is 5.88. The average Bonchev–Trinajstić information content (AvgIpc) is 2.40. The van der Waals surface area contributed by atoms with Crippen molar-refractivity contribution < 1.29 is 4.79 Å². The van der Waals surface area contributed by atoms with Crippen molar-refractivity contribution in [3.05, 3.63) is 48.8 Å². The van der Waals surface area contributed by atoms with Gasteiger partial charge in [0.05, 0.1) is 5.25 Å². The van der Waals surface area contributed by atoms with Crippen LogP contribution in [-0.4, -0.2) is 16.1 Å². The van der Waals surface area contributed by atoms with Crippen LogP contribution in [0, 0.1) is 0 Å². The molecule has 0 saturated heterocycles. The van der Waals surface area contributed by atoms with E-state index >= 15 is 0 Å². The zero-order valence-corrected chi connectivity index (χ0v) is 11.4. The molecule has 1 aromatic heterocycles. The van der Waals surface area contributed by atoms with Crippen molar-refractivity contribution in [1.82, 2.24) is 4.98 Å². The summed E-state index contributed by atoms with van der Waals surface area (Å²) >= 11 is 1.48. The minimum absolute atomic E-state index is 0.0429. The summed E-state index contributed by atoms with van der Waals surface area (Å²) in [6.45, 7) is 1.87. The molecule has 98 valence electrons. The van der Waals surface area contributed by atoms with Crippen LogP contribution in [0.25, 0.3) is 0 Å². The number of hydrogen-bond acceptors (Lipinski definition) is 4. The topological polar surface area (TPSA) is 68.0 Å². The molecule has 1 aromatic carbocycles. The summed E-state index contributed by atoms with van der Waals surface area (Å²) in [5.74, 6) is -0.0429. The van der Waals surface area contributed by atoms with Crippen molar-refractivity contribution in [2.75, 3.05) is 11.1 Å². The fraction of sp³-hybridized carbons (Fsp3) is 0.143. The SMILES string of the molecule is CC(Sc1cccc(N)c1)C(=O)Nc1ccncc1. The molecule has 0 saturated carbocycles. The Balaban J connectivity index is 1.96. The van der Waals surface area contributed by atoms with Crippen LogP contribution in [0.3, 0.4) is 0 Å². The maximum Gasteiger partial charge on any atom is 0.237 e. The first-order valence-corrected chi connectivity index (χ1v) is 6.76. The Morgan fingerprint density at radius 3 is 2.74 bits per heavy atom. The highest BCUT2D eigenvalue weighted by Crippen LogP contribution is 2.25. The molecule has 0 aliphatic carbocycles. The van der Waals surface area contributed by atoms with E-state index in [0.717, 1.165) is 10.6 Å². The van der Waals surface area contributed by atoms with Crippen LogP contribution in [-0.2, 0) is 4.79 Å². The van der Waals surface area contributed by atoms with Gasteiger partial charge in [0.1, 0.15) is 0 Å². The average molecular weight is 273 g/mol. The van der Waals surface area contributed by atoms with E-state index < -0.39 is 0 Å². The molecular weight excluding hydrogens is 258 g/mol. The highest BCUT2D eigenvalue weighted by Gasteiger charge is 2.14. The van der Waals surface area contributed by atoms with Crippen molar-refractivity contribution in [1.29, 1.82) is 0 Å². The van der Waals surface area contributed by atoms with Crippen LogP contribution in [0.4, 0.5) is 11.4 Å².